The van der Waals surface area contributed by atoms with Gasteiger partial charge in [-0.3, -0.25) is 4.79 Å². The molecule has 7 heteroatoms. The van der Waals surface area contributed by atoms with E-state index in [0.717, 1.165) is 25.9 Å². The second-order valence-electron chi connectivity index (χ2n) is 5.76. The fraction of sp³-hybridized carbons (Fsp3) is 0.533. The highest BCUT2D eigenvalue weighted by molar-refractivity contribution is 6.31. The minimum absolute atomic E-state index is 0.00319. The first-order valence-electron chi connectivity index (χ1n) is 7.13. The molecule has 0 spiro atoms. The molecule has 1 saturated heterocycles. The van der Waals surface area contributed by atoms with Gasteiger partial charge in [0, 0.05) is 11.6 Å². The molecule has 2 N–H and O–H groups in total. The van der Waals surface area contributed by atoms with Gasteiger partial charge in [-0.2, -0.15) is 8.78 Å². The number of carbonyl (C=O) groups excluding carboxylic acids is 1. The van der Waals surface area contributed by atoms with Gasteiger partial charge in [-0.15, -0.1) is 0 Å². The van der Waals surface area contributed by atoms with Crippen molar-refractivity contribution in [2.75, 3.05) is 19.6 Å². The van der Waals surface area contributed by atoms with Gasteiger partial charge >= 0.3 is 6.61 Å². The Hall–Kier alpha value is -1.40. The molecule has 2 rings (SSSR count). The zero-order valence-corrected chi connectivity index (χ0v) is 13.1. The summed E-state index contributed by atoms with van der Waals surface area (Å²) in [6.45, 7) is 1.40. The van der Waals surface area contributed by atoms with Crippen LogP contribution < -0.4 is 15.4 Å². The number of halogens is 3. The van der Waals surface area contributed by atoms with Crippen LogP contribution in [0.1, 0.15) is 30.1 Å². The molecule has 1 heterocycles. The monoisotopic (exact) mass is 332 g/mol. The SMILES string of the molecule is CC1(CNC(=O)c2cc(Cl)ccc2OC(F)F)CCNCC1. The summed E-state index contributed by atoms with van der Waals surface area (Å²) in [6.07, 6.45) is 1.90. The average molecular weight is 333 g/mol. The first kappa shape index (κ1) is 17.0. The van der Waals surface area contributed by atoms with Crippen LogP contribution in [0.15, 0.2) is 18.2 Å². The van der Waals surface area contributed by atoms with Gasteiger partial charge in [0.15, 0.2) is 0 Å². The fourth-order valence-corrected chi connectivity index (χ4v) is 2.65. The average Bonchev–Trinajstić information content (AvgIpc) is 2.47. The van der Waals surface area contributed by atoms with Gasteiger partial charge in [-0.1, -0.05) is 18.5 Å². The van der Waals surface area contributed by atoms with Crippen molar-refractivity contribution in [1.82, 2.24) is 10.6 Å². The maximum absolute atomic E-state index is 12.4. The standard InChI is InChI=1S/C15H19ClF2N2O2/c1-15(4-6-19-7-5-15)9-20-13(21)11-8-10(16)2-3-12(11)22-14(17)18/h2-3,8,14,19H,4-7,9H2,1H3,(H,20,21). The number of hydrogen-bond donors (Lipinski definition) is 2. The van der Waals surface area contributed by atoms with E-state index in [1.165, 1.54) is 18.2 Å². The second kappa shape index (κ2) is 7.24. The molecule has 1 amide bonds. The molecule has 0 bridgehead atoms. The Morgan fingerprint density at radius 2 is 2.14 bits per heavy atom. The summed E-state index contributed by atoms with van der Waals surface area (Å²) in [6, 6.07) is 4.01. The van der Waals surface area contributed by atoms with Gasteiger partial charge in [-0.05, 0) is 49.5 Å². The summed E-state index contributed by atoms with van der Waals surface area (Å²) in [4.78, 5) is 12.3. The van der Waals surface area contributed by atoms with E-state index in [-0.39, 0.29) is 16.7 Å². The van der Waals surface area contributed by atoms with Crippen LogP contribution in [0.25, 0.3) is 0 Å². The first-order chi connectivity index (χ1) is 10.4. The van der Waals surface area contributed by atoms with E-state index < -0.39 is 12.5 Å². The number of nitrogens with one attached hydrogen (secondary N) is 2. The number of benzene rings is 1. The molecular weight excluding hydrogens is 314 g/mol. The van der Waals surface area contributed by atoms with Gasteiger partial charge < -0.3 is 15.4 Å². The molecule has 1 fully saturated rings. The quantitative estimate of drug-likeness (QED) is 0.871. The first-order valence-corrected chi connectivity index (χ1v) is 7.51. The van der Waals surface area contributed by atoms with Gasteiger partial charge in [0.05, 0.1) is 5.56 Å². The summed E-state index contributed by atoms with van der Waals surface area (Å²) >= 11 is 5.84. The van der Waals surface area contributed by atoms with Crippen LogP contribution >= 0.6 is 11.6 Å². The van der Waals surface area contributed by atoms with Crippen LogP contribution in [0.5, 0.6) is 5.75 Å². The van der Waals surface area contributed by atoms with E-state index in [4.69, 9.17) is 11.6 Å². The van der Waals surface area contributed by atoms with Crippen LogP contribution in [-0.4, -0.2) is 32.2 Å². The third kappa shape index (κ3) is 4.55. The van der Waals surface area contributed by atoms with E-state index in [0.29, 0.717) is 11.6 Å². The molecule has 1 aromatic rings. The number of hydrogen-bond acceptors (Lipinski definition) is 3. The number of carbonyl (C=O) groups is 1. The zero-order valence-electron chi connectivity index (χ0n) is 12.3. The highest BCUT2D eigenvalue weighted by Crippen LogP contribution is 2.28. The van der Waals surface area contributed by atoms with Crippen molar-refractivity contribution in [2.24, 2.45) is 5.41 Å². The highest BCUT2D eigenvalue weighted by Gasteiger charge is 2.27. The molecular formula is C15H19ClF2N2O2. The number of alkyl halides is 2. The third-order valence-corrected chi connectivity index (χ3v) is 4.12. The molecule has 0 aliphatic carbocycles. The number of piperidine rings is 1. The van der Waals surface area contributed by atoms with Crippen molar-refractivity contribution in [3.63, 3.8) is 0 Å². The lowest BCUT2D eigenvalue weighted by molar-refractivity contribution is -0.0501. The summed E-state index contributed by atoms with van der Waals surface area (Å²) in [5.74, 6) is -0.634. The second-order valence-corrected chi connectivity index (χ2v) is 6.20. The number of rotatable bonds is 5. The van der Waals surface area contributed by atoms with Crippen molar-refractivity contribution in [1.29, 1.82) is 0 Å². The Balaban J connectivity index is 2.06. The Labute approximate surface area is 133 Å². The summed E-state index contributed by atoms with van der Waals surface area (Å²) in [5, 5.41) is 6.36. The lowest BCUT2D eigenvalue weighted by Gasteiger charge is -2.34. The molecule has 0 atom stereocenters. The van der Waals surface area contributed by atoms with Crippen molar-refractivity contribution < 1.29 is 18.3 Å². The van der Waals surface area contributed by atoms with E-state index in [9.17, 15) is 13.6 Å². The van der Waals surface area contributed by atoms with E-state index in [1.54, 1.807) is 0 Å². The minimum atomic E-state index is -2.99. The number of amides is 1. The van der Waals surface area contributed by atoms with Crippen molar-refractivity contribution in [3.05, 3.63) is 28.8 Å². The van der Waals surface area contributed by atoms with Crippen LogP contribution in [-0.2, 0) is 0 Å². The van der Waals surface area contributed by atoms with Crippen molar-refractivity contribution in [2.45, 2.75) is 26.4 Å². The van der Waals surface area contributed by atoms with Crippen LogP contribution in [0.2, 0.25) is 5.02 Å². The van der Waals surface area contributed by atoms with Gasteiger partial charge in [0.25, 0.3) is 5.91 Å². The molecule has 0 saturated carbocycles. The summed E-state index contributed by atoms with van der Waals surface area (Å²) in [5.41, 5.74) is 0.0220. The maximum Gasteiger partial charge on any atom is 0.387 e. The van der Waals surface area contributed by atoms with Crippen molar-refractivity contribution >= 4 is 17.5 Å². The minimum Gasteiger partial charge on any atom is -0.434 e. The Morgan fingerprint density at radius 3 is 2.77 bits per heavy atom. The molecule has 0 radical (unpaired) electrons. The molecule has 1 aromatic carbocycles. The summed E-state index contributed by atoms with van der Waals surface area (Å²) < 4.78 is 29.2. The predicted octanol–water partition coefficient (Wildman–Crippen LogP) is 3.06. The largest absolute Gasteiger partial charge is 0.434 e. The topological polar surface area (TPSA) is 50.4 Å². The fourth-order valence-electron chi connectivity index (χ4n) is 2.47. The molecule has 122 valence electrons. The Kier molecular flexibility index (Phi) is 5.58. The maximum atomic E-state index is 12.4. The van der Waals surface area contributed by atoms with E-state index >= 15 is 0 Å². The third-order valence-electron chi connectivity index (χ3n) is 3.89. The van der Waals surface area contributed by atoms with Crippen LogP contribution in [0.4, 0.5) is 8.78 Å². The molecule has 0 unspecified atom stereocenters. The molecule has 1 aliphatic rings. The normalized spacial score (nSPS) is 17.3. The van der Waals surface area contributed by atoms with Gasteiger partial charge in [0.2, 0.25) is 0 Å². The van der Waals surface area contributed by atoms with Crippen molar-refractivity contribution in [3.8, 4) is 5.75 Å². The lowest BCUT2D eigenvalue weighted by Crippen LogP contribution is -2.43. The van der Waals surface area contributed by atoms with Gasteiger partial charge in [0.1, 0.15) is 5.75 Å². The van der Waals surface area contributed by atoms with E-state index in [2.05, 4.69) is 22.3 Å². The Morgan fingerprint density at radius 1 is 1.45 bits per heavy atom. The van der Waals surface area contributed by atoms with Crippen LogP contribution in [0.3, 0.4) is 0 Å². The summed E-state index contributed by atoms with van der Waals surface area (Å²) in [7, 11) is 0. The molecule has 1 aliphatic heterocycles. The van der Waals surface area contributed by atoms with Gasteiger partial charge in [-0.25, -0.2) is 0 Å². The predicted molar refractivity (Wildman–Crippen MR) is 80.6 cm³/mol. The molecule has 4 nitrogen and oxygen atoms in total. The Bertz CT molecular complexity index is 534. The van der Waals surface area contributed by atoms with Crippen LogP contribution in [0, 0.1) is 5.41 Å². The zero-order chi connectivity index (χ0) is 16.2. The molecule has 0 aromatic heterocycles. The number of ether oxygens (including phenoxy) is 1. The smallest absolute Gasteiger partial charge is 0.387 e. The molecule has 22 heavy (non-hydrogen) atoms. The van der Waals surface area contributed by atoms with E-state index in [1.807, 2.05) is 0 Å². The lowest BCUT2D eigenvalue weighted by atomic mass is 9.81. The highest BCUT2D eigenvalue weighted by atomic mass is 35.5.